The van der Waals surface area contributed by atoms with Crippen LogP contribution in [-0.4, -0.2) is 16.5 Å². The summed E-state index contributed by atoms with van der Waals surface area (Å²) in [5, 5.41) is 3.33. The van der Waals surface area contributed by atoms with Crippen molar-refractivity contribution < 1.29 is 4.74 Å². The summed E-state index contributed by atoms with van der Waals surface area (Å²) in [6.45, 7) is 6.04. The van der Waals surface area contributed by atoms with E-state index in [0.29, 0.717) is 11.8 Å². The molecule has 5 heteroatoms. The lowest BCUT2D eigenvalue weighted by molar-refractivity contribution is 0.455. The summed E-state index contributed by atoms with van der Waals surface area (Å²) >= 11 is 3.43. The number of benzene rings is 1. The number of rotatable bonds is 6. The van der Waals surface area contributed by atoms with Gasteiger partial charge in [0.15, 0.2) is 0 Å². The zero-order valence-electron chi connectivity index (χ0n) is 11.6. The van der Waals surface area contributed by atoms with Gasteiger partial charge >= 0.3 is 0 Å². The SMILES string of the molecule is CC(C)CNCc1cnc(Oc2ccccc2Br)cn1. The van der Waals surface area contributed by atoms with Crippen molar-refractivity contribution in [1.29, 1.82) is 0 Å². The topological polar surface area (TPSA) is 47.0 Å². The van der Waals surface area contributed by atoms with Gasteiger partial charge in [-0.1, -0.05) is 26.0 Å². The van der Waals surface area contributed by atoms with Crippen LogP contribution in [0.5, 0.6) is 11.6 Å². The van der Waals surface area contributed by atoms with E-state index in [1.807, 2.05) is 24.3 Å². The standard InChI is InChI=1S/C15H18BrN3O/c1-11(2)7-17-8-12-9-19-15(10-18-12)20-14-6-4-3-5-13(14)16/h3-6,9-11,17H,7-8H2,1-2H3. The fourth-order valence-electron chi connectivity index (χ4n) is 1.62. The van der Waals surface area contributed by atoms with E-state index in [4.69, 9.17) is 4.74 Å². The van der Waals surface area contributed by atoms with Crippen molar-refractivity contribution in [2.45, 2.75) is 20.4 Å². The molecule has 4 nitrogen and oxygen atoms in total. The Morgan fingerprint density at radius 3 is 2.65 bits per heavy atom. The van der Waals surface area contributed by atoms with Crippen LogP contribution >= 0.6 is 15.9 Å². The Hall–Kier alpha value is -1.46. The van der Waals surface area contributed by atoms with Gasteiger partial charge in [0, 0.05) is 6.54 Å². The van der Waals surface area contributed by atoms with E-state index in [-0.39, 0.29) is 0 Å². The van der Waals surface area contributed by atoms with Gasteiger partial charge in [-0.2, -0.15) is 0 Å². The maximum absolute atomic E-state index is 5.67. The number of para-hydroxylation sites is 1. The zero-order chi connectivity index (χ0) is 14.4. The van der Waals surface area contributed by atoms with E-state index in [9.17, 15) is 0 Å². The number of halogens is 1. The molecule has 1 heterocycles. The van der Waals surface area contributed by atoms with Gasteiger partial charge in [0.05, 0.1) is 22.6 Å². The van der Waals surface area contributed by atoms with Crippen molar-refractivity contribution in [3.63, 3.8) is 0 Å². The Morgan fingerprint density at radius 1 is 1.20 bits per heavy atom. The predicted molar refractivity (Wildman–Crippen MR) is 82.8 cm³/mol. The van der Waals surface area contributed by atoms with E-state index >= 15 is 0 Å². The van der Waals surface area contributed by atoms with E-state index in [2.05, 4.69) is 45.1 Å². The first kappa shape index (κ1) is 14.9. The highest BCUT2D eigenvalue weighted by atomic mass is 79.9. The van der Waals surface area contributed by atoms with Gasteiger partial charge < -0.3 is 10.1 Å². The maximum Gasteiger partial charge on any atom is 0.237 e. The highest BCUT2D eigenvalue weighted by molar-refractivity contribution is 9.10. The lowest BCUT2D eigenvalue weighted by Crippen LogP contribution is -2.19. The number of hydrogen-bond donors (Lipinski definition) is 1. The van der Waals surface area contributed by atoms with Crippen LogP contribution in [0.3, 0.4) is 0 Å². The molecule has 0 unspecified atom stereocenters. The van der Waals surface area contributed by atoms with Crippen molar-refractivity contribution >= 4 is 15.9 Å². The largest absolute Gasteiger partial charge is 0.436 e. The molecule has 20 heavy (non-hydrogen) atoms. The van der Waals surface area contributed by atoms with Crippen LogP contribution in [0, 0.1) is 5.92 Å². The third kappa shape index (κ3) is 4.58. The smallest absolute Gasteiger partial charge is 0.237 e. The quantitative estimate of drug-likeness (QED) is 0.872. The second-order valence-corrected chi connectivity index (χ2v) is 5.76. The summed E-state index contributed by atoms with van der Waals surface area (Å²) in [5.74, 6) is 1.85. The average Bonchev–Trinajstić information content (AvgIpc) is 2.43. The minimum Gasteiger partial charge on any atom is -0.436 e. The fourth-order valence-corrected chi connectivity index (χ4v) is 1.98. The molecule has 2 rings (SSSR count). The number of nitrogens with zero attached hydrogens (tertiary/aromatic N) is 2. The molecule has 0 aliphatic rings. The molecule has 0 aliphatic carbocycles. The maximum atomic E-state index is 5.67. The molecule has 0 radical (unpaired) electrons. The molecule has 1 aromatic carbocycles. The van der Waals surface area contributed by atoms with Crippen LogP contribution in [0.15, 0.2) is 41.1 Å². The highest BCUT2D eigenvalue weighted by Gasteiger charge is 2.03. The molecular formula is C15H18BrN3O. The van der Waals surface area contributed by atoms with Gasteiger partial charge in [0.2, 0.25) is 5.88 Å². The van der Waals surface area contributed by atoms with Gasteiger partial charge in [-0.15, -0.1) is 0 Å². The Kier molecular flexibility index (Phi) is 5.49. The molecule has 0 saturated heterocycles. The van der Waals surface area contributed by atoms with E-state index < -0.39 is 0 Å². The average molecular weight is 336 g/mol. The van der Waals surface area contributed by atoms with Gasteiger partial charge in [-0.3, -0.25) is 4.98 Å². The minimum atomic E-state index is 0.490. The number of ether oxygens (including phenoxy) is 1. The summed E-state index contributed by atoms with van der Waals surface area (Å²) in [6, 6.07) is 7.65. The molecule has 106 valence electrons. The molecule has 0 bridgehead atoms. The highest BCUT2D eigenvalue weighted by Crippen LogP contribution is 2.27. The van der Waals surface area contributed by atoms with E-state index in [1.165, 1.54) is 0 Å². The minimum absolute atomic E-state index is 0.490. The number of aromatic nitrogens is 2. The monoisotopic (exact) mass is 335 g/mol. The Bertz CT molecular complexity index is 543. The third-order valence-corrected chi connectivity index (χ3v) is 3.25. The third-order valence-electron chi connectivity index (χ3n) is 2.59. The second-order valence-electron chi connectivity index (χ2n) is 4.90. The van der Waals surface area contributed by atoms with Crippen molar-refractivity contribution in [2.75, 3.05) is 6.54 Å². The first-order valence-corrected chi connectivity index (χ1v) is 7.38. The van der Waals surface area contributed by atoms with Gasteiger partial charge in [-0.05, 0) is 40.5 Å². The molecule has 1 N–H and O–H groups in total. The predicted octanol–water partition coefficient (Wildman–Crippen LogP) is 3.78. The number of nitrogens with one attached hydrogen (secondary N) is 1. The van der Waals surface area contributed by atoms with Gasteiger partial charge in [0.25, 0.3) is 0 Å². The van der Waals surface area contributed by atoms with Crippen LogP contribution in [0.25, 0.3) is 0 Å². The van der Waals surface area contributed by atoms with Crippen molar-refractivity contribution in [2.24, 2.45) is 5.92 Å². The van der Waals surface area contributed by atoms with Crippen molar-refractivity contribution in [3.8, 4) is 11.6 Å². The Balaban J connectivity index is 1.93. The van der Waals surface area contributed by atoms with Crippen LogP contribution in [-0.2, 0) is 6.54 Å². The van der Waals surface area contributed by atoms with Crippen LogP contribution < -0.4 is 10.1 Å². The first-order chi connectivity index (χ1) is 9.65. The normalized spacial score (nSPS) is 10.8. The van der Waals surface area contributed by atoms with Gasteiger partial charge in [-0.25, -0.2) is 4.98 Å². The van der Waals surface area contributed by atoms with Crippen molar-refractivity contribution in [1.82, 2.24) is 15.3 Å². The van der Waals surface area contributed by atoms with E-state index in [1.54, 1.807) is 12.4 Å². The molecule has 0 amide bonds. The molecule has 0 aliphatic heterocycles. The Labute approximate surface area is 127 Å². The van der Waals surface area contributed by atoms with Crippen LogP contribution in [0.4, 0.5) is 0 Å². The molecule has 0 fully saturated rings. The molecule has 2 aromatic rings. The fraction of sp³-hybridized carbons (Fsp3) is 0.333. The molecule has 0 atom stereocenters. The number of hydrogen-bond acceptors (Lipinski definition) is 4. The molecule has 0 spiro atoms. The van der Waals surface area contributed by atoms with Crippen LogP contribution in [0.2, 0.25) is 0 Å². The van der Waals surface area contributed by atoms with Crippen LogP contribution in [0.1, 0.15) is 19.5 Å². The molecular weight excluding hydrogens is 318 g/mol. The first-order valence-electron chi connectivity index (χ1n) is 6.59. The molecule has 0 saturated carbocycles. The lowest BCUT2D eigenvalue weighted by atomic mass is 10.2. The van der Waals surface area contributed by atoms with Gasteiger partial charge in [0.1, 0.15) is 5.75 Å². The molecule has 1 aromatic heterocycles. The summed E-state index contributed by atoms with van der Waals surface area (Å²) < 4.78 is 6.56. The lowest BCUT2D eigenvalue weighted by Gasteiger charge is -2.08. The summed E-state index contributed by atoms with van der Waals surface area (Å²) in [4.78, 5) is 8.60. The zero-order valence-corrected chi connectivity index (χ0v) is 13.2. The van der Waals surface area contributed by atoms with E-state index in [0.717, 1.165) is 29.0 Å². The van der Waals surface area contributed by atoms with Crippen molar-refractivity contribution in [3.05, 3.63) is 46.8 Å². The second kappa shape index (κ2) is 7.36. The summed E-state index contributed by atoms with van der Waals surface area (Å²) in [6.07, 6.45) is 3.38. The summed E-state index contributed by atoms with van der Waals surface area (Å²) in [5.41, 5.74) is 0.908. The summed E-state index contributed by atoms with van der Waals surface area (Å²) in [7, 11) is 0. The Morgan fingerprint density at radius 2 is 2.00 bits per heavy atom.